The van der Waals surface area contributed by atoms with Crippen molar-refractivity contribution in [3.63, 3.8) is 0 Å². The molecular formula is C14H9ClF3NO6S. The molecule has 0 heterocycles. The van der Waals surface area contributed by atoms with Crippen LogP contribution in [0.25, 0.3) is 0 Å². The lowest BCUT2D eigenvalue weighted by atomic mass is 10.2. The number of ether oxygens (including phenoxy) is 1. The number of nitrogens with zero attached hydrogens (tertiary/aromatic N) is 1. The summed E-state index contributed by atoms with van der Waals surface area (Å²) in [7, 11) is -4.21. The van der Waals surface area contributed by atoms with E-state index in [-0.39, 0.29) is 22.0 Å². The molecular weight excluding hydrogens is 403 g/mol. The summed E-state index contributed by atoms with van der Waals surface area (Å²) in [5.41, 5.74) is -0.211. The molecule has 140 valence electrons. The summed E-state index contributed by atoms with van der Waals surface area (Å²) in [6, 6.07) is 7.13. The van der Waals surface area contributed by atoms with E-state index in [1.165, 1.54) is 0 Å². The van der Waals surface area contributed by atoms with E-state index in [2.05, 4.69) is 4.74 Å². The van der Waals surface area contributed by atoms with Crippen LogP contribution >= 0.6 is 11.6 Å². The van der Waals surface area contributed by atoms with Gasteiger partial charge in [0, 0.05) is 12.1 Å². The largest absolute Gasteiger partial charge is 0.573 e. The van der Waals surface area contributed by atoms with Gasteiger partial charge in [-0.25, -0.2) is 0 Å². The van der Waals surface area contributed by atoms with Crippen LogP contribution in [0.15, 0.2) is 42.5 Å². The van der Waals surface area contributed by atoms with Crippen LogP contribution in [0.2, 0.25) is 5.02 Å². The fourth-order valence-corrected chi connectivity index (χ4v) is 3.17. The van der Waals surface area contributed by atoms with E-state index < -0.39 is 32.9 Å². The first kappa shape index (κ1) is 19.8. The monoisotopic (exact) mass is 411 g/mol. The molecule has 12 heteroatoms. The van der Waals surface area contributed by atoms with Crippen LogP contribution in [0.3, 0.4) is 0 Å². The van der Waals surface area contributed by atoms with Gasteiger partial charge in [0.05, 0.1) is 9.95 Å². The minimum atomic E-state index is -4.86. The summed E-state index contributed by atoms with van der Waals surface area (Å²) in [6.45, 7) is 0. The normalized spacial score (nSPS) is 11.8. The molecule has 0 spiro atoms. The third-order valence-electron chi connectivity index (χ3n) is 2.84. The van der Waals surface area contributed by atoms with Crippen molar-refractivity contribution in [2.24, 2.45) is 0 Å². The Labute approximate surface area is 150 Å². The number of halogens is 4. The third kappa shape index (κ3) is 5.77. The zero-order valence-corrected chi connectivity index (χ0v) is 14.1. The Balaban J connectivity index is 2.10. The van der Waals surface area contributed by atoms with E-state index >= 15 is 0 Å². The van der Waals surface area contributed by atoms with Crippen molar-refractivity contribution in [2.45, 2.75) is 12.1 Å². The summed E-state index contributed by atoms with van der Waals surface area (Å²) in [5.74, 6) is -1.47. The molecule has 0 aromatic heterocycles. The lowest BCUT2D eigenvalue weighted by Crippen LogP contribution is -2.17. The molecule has 0 atom stereocenters. The summed E-state index contributed by atoms with van der Waals surface area (Å²) in [4.78, 5) is 9.90. The molecule has 0 radical (unpaired) electrons. The van der Waals surface area contributed by atoms with Gasteiger partial charge >= 0.3 is 16.5 Å². The van der Waals surface area contributed by atoms with Crippen LogP contribution in [0, 0.1) is 10.1 Å². The molecule has 7 nitrogen and oxygen atoms in total. The summed E-state index contributed by atoms with van der Waals surface area (Å²) < 4.78 is 68.8. The zero-order chi connectivity index (χ0) is 19.5. The molecule has 0 aliphatic rings. The van der Waals surface area contributed by atoms with Crippen LogP contribution in [-0.4, -0.2) is 19.7 Å². The third-order valence-corrected chi connectivity index (χ3v) is 4.26. The van der Waals surface area contributed by atoms with Gasteiger partial charge in [-0.05, 0) is 23.8 Å². The Hall–Kier alpha value is -2.53. The fourth-order valence-electron chi connectivity index (χ4n) is 1.83. The number of benzene rings is 2. The lowest BCUT2D eigenvalue weighted by Gasteiger charge is -2.10. The van der Waals surface area contributed by atoms with Gasteiger partial charge in [0.2, 0.25) is 0 Å². The Kier molecular flexibility index (Phi) is 5.62. The highest BCUT2D eigenvalue weighted by Gasteiger charge is 2.31. The molecule has 0 aliphatic carbocycles. The van der Waals surface area contributed by atoms with E-state index in [0.29, 0.717) is 0 Å². The average molecular weight is 412 g/mol. The van der Waals surface area contributed by atoms with Gasteiger partial charge in [-0.1, -0.05) is 23.7 Å². The predicted molar refractivity (Wildman–Crippen MR) is 84.5 cm³/mol. The number of hydrogen-bond donors (Lipinski definition) is 0. The second-order valence-corrected chi connectivity index (χ2v) is 6.83. The van der Waals surface area contributed by atoms with Gasteiger partial charge in [-0.2, -0.15) is 8.42 Å². The number of hydrogen-bond acceptors (Lipinski definition) is 6. The highest BCUT2D eigenvalue weighted by atomic mass is 35.5. The first-order valence-electron chi connectivity index (χ1n) is 6.66. The average Bonchev–Trinajstić information content (AvgIpc) is 2.49. The second kappa shape index (κ2) is 7.38. The van der Waals surface area contributed by atoms with E-state index in [1.54, 1.807) is 0 Å². The summed E-state index contributed by atoms with van der Waals surface area (Å²) >= 11 is 5.75. The van der Waals surface area contributed by atoms with Crippen molar-refractivity contribution in [2.75, 3.05) is 0 Å². The minimum absolute atomic E-state index is 0.137. The smallest absolute Gasteiger partial charge is 0.406 e. The molecule has 0 amide bonds. The molecule has 0 aliphatic heterocycles. The molecule has 2 aromatic carbocycles. The standard InChI is InChI=1S/C14H9ClF3NO6S/c15-12-7-10(19(20)21)3-6-13(12)25-26(22,23)8-9-1-4-11(5-2-9)24-14(16,17)18/h1-7H,8H2. The van der Waals surface area contributed by atoms with Gasteiger partial charge in [0.25, 0.3) is 5.69 Å². The first-order chi connectivity index (χ1) is 12.0. The number of nitro benzene ring substituents is 1. The number of non-ortho nitro benzene ring substituents is 1. The number of nitro groups is 1. The van der Waals surface area contributed by atoms with Gasteiger partial charge in [-0.3, -0.25) is 10.1 Å². The van der Waals surface area contributed by atoms with Gasteiger partial charge < -0.3 is 8.92 Å². The maximum atomic E-state index is 12.1. The fraction of sp³-hybridized carbons (Fsp3) is 0.143. The highest BCUT2D eigenvalue weighted by molar-refractivity contribution is 7.86. The minimum Gasteiger partial charge on any atom is -0.406 e. The summed E-state index contributed by atoms with van der Waals surface area (Å²) in [6.07, 6.45) is -4.86. The molecule has 0 fully saturated rings. The Bertz CT molecular complexity index is 915. The van der Waals surface area contributed by atoms with Crippen molar-refractivity contribution in [1.29, 1.82) is 0 Å². The van der Waals surface area contributed by atoms with Crippen molar-refractivity contribution in [3.8, 4) is 11.5 Å². The topological polar surface area (TPSA) is 95.7 Å². The quantitative estimate of drug-likeness (QED) is 0.404. The van der Waals surface area contributed by atoms with Crippen LogP contribution in [0.5, 0.6) is 11.5 Å². The van der Waals surface area contributed by atoms with Crippen LogP contribution in [-0.2, 0) is 15.9 Å². The molecule has 0 unspecified atom stereocenters. The SMILES string of the molecule is O=[N+]([O-])c1ccc(OS(=O)(=O)Cc2ccc(OC(F)(F)F)cc2)c(Cl)c1. The number of alkyl halides is 3. The molecule has 2 aromatic rings. The predicted octanol–water partition coefficient (Wildman–Crippen LogP) is 4.06. The van der Waals surface area contributed by atoms with Crippen LogP contribution in [0.4, 0.5) is 18.9 Å². The van der Waals surface area contributed by atoms with E-state index in [9.17, 15) is 31.7 Å². The Morgan fingerprint density at radius 1 is 1.12 bits per heavy atom. The van der Waals surface area contributed by atoms with E-state index in [0.717, 1.165) is 42.5 Å². The zero-order valence-electron chi connectivity index (χ0n) is 12.6. The van der Waals surface area contributed by atoms with Crippen molar-refractivity contribution >= 4 is 27.4 Å². The van der Waals surface area contributed by atoms with Gasteiger partial charge in [-0.15, -0.1) is 13.2 Å². The Morgan fingerprint density at radius 2 is 1.73 bits per heavy atom. The molecule has 26 heavy (non-hydrogen) atoms. The maximum absolute atomic E-state index is 12.1. The van der Waals surface area contributed by atoms with E-state index in [4.69, 9.17) is 15.8 Å². The van der Waals surface area contributed by atoms with Crippen molar-refractivity contribution in [1.82, 2.24) is 0 Å². The molecule has 0 saturated carbocycles. The maximum Gasteiger partial charge on any atom is 0.573 e. The molecule has 0 saturated heterocycles. The molecule has 2 rings (SSSR count). The lowest BCUT2D eigenvalue weighted by molar-refractivity contribution is -0.384. The highest BCUT2D eigenvalue weighted by Crippen LogP contribution is 2.30. The van der Waals surface area contributed by atoms with E-state index in [1.807, 2.05) is 0 Å². The molecule has 0 bridgehead atoms. The van der Waals surface area contributed by atoms with Gasteiger partial charge in [0.1, 0.15) is 11.5 Å². The van der Waals surface area contributed by atoms with Crippen LogP contribution < -0.4 is 8.92 Å². The van der Waals surface area contributed by atoms with Gasteiger partial charge in [0.15, 0.2) is 5.75 Å². The second-order valence-electron chi connectivity index (χ2n) is 4.85. The molecule has 0 N–H and O–H groups in total. The first-order valence-corrected chi connectivity index (χ1v) is 8.61. The van der Waals surface area contributed by atoms with Crippen molar-refractivity contribution < 1.29 is 35.4 Å². The number of rotatable bonds is 6. The summed E-state index contributed by atoms with van der Waals surface area (Å²) in [5, 5.41) is 10.3. The Morgan fingerprint density at radius 3 is 2.23 bits per heavy atom. The van der Waals surface area contributed by atoms with Crippen molar-refractivity contribution in [3.05, 3.63) is 63.2 Å². The van der Waals surface area contributed by atoms with Crippen LogP contribution in [0.1, 0.15) is 5.56 Å².